The molecule has 0 saturated carbocycles. The Morgan fingerprint density at radius 2 is 2.04 bits per heavy atom. The van der Waals surface area contributed by atoms with Gasteiger partial charge in [0.05, 0.1) is 36.8 Å². The molecule has 0 amide bonds. The quantitative estimate of drug-likeness (QED) is 0.586. The largest absolute Gasteiger partial charge is 0.496 e. The van der Waals surface area contributed by atoms with Crippen LogP contribution in [0.5, 0.6) is 5.75 Å². The van der Waals surface area contributed by atoms with Crippen molar-refractivity contribution in [1.29, 1.82) is 0 Å². The maximum absolute atomic E-state index is 12.3. The highest BCUT2D eigenvalue weighted by Gasteiger charge is 2.24. The van der Waals surface area contributed by atoms with Gasteiger partial charge in [-0.25, -0.2) is 0 Å². The van der Waals surface area contributed by atoms with Crippen LogP contribution >= 0.6 is 15.9 Å². The average Bonchev–Trinajstić information content (AvgIpc) is 2.95. The molecule has 0 saturated heterocycles. The maximum atomic E-state index is 12.3. The number of nitrogens with one attached hydrogen (secondary N) is 1. The Hall–Kier alpha value is -2.09. The van der Waals surface area contributed by atoms with Gasteiger partial charge in [0, 0.05) is 16.5 Å². The fraction of sp³-hybridized carbons (Fsp3) is 0.278. The summed E-state index contributed by atoms with van der Waals surface area (Å²) in [6.07, 6.45) is -0.702. The van der Waals surface area contributed by atoms with Gasteiger partial charge in [0.2, 0.25) is 0 Å². The number of hydrogen-bond acceptors (Lipinski definition) is 4. The second-order valence-electron chi connectivity index (χ2n) is 5.80. The summed E-state index contributed by atoms with van der Waals surface area (Å²) in [5.41, 5.74) is 1.31. The number of methoxy groups -OCH3 is 1. The van der Waals surface area contributed by atoms with Crippen molar-refractivity contribution in [3.63, 3.8) is 0 Å². The number of aromatic nitrogens is 2. The van der Waals surface area contributed by atoms with Crippen molar-refractivity contribution in [1.82, 2.24) is 9.78 Å². The van der Waals surface area contributed by atoms with Crippen LogP contribution in [0.2, 0.25) is 0 Å². The minimum Gasteiger partial charge on any atom is -0.496 e. The molecule has 0 aliphatic heterocycles. The van der Waals surface area contributed by atoms with Crippen LogP contribution < -0.4 is 10.3 Å². The summed E-state index contributed by atoms with van der Waals surface area (Å²) in [4.78, 5) is 12.3. The fourth-order valence-electron chi connectivity index (χ4n) is 3.02. The van der Waals surface area contributed by atoms with Gasteiger partial charge < -0.3 is 14.9 Å². The third kappa shape index (κ3) is 3.49. The van der Waals surface area contributed by atoms with E-state index in [-0.39, 0.29) is 18.6 Å². The van der Waals surface area contributed by atoms with Crippen LogP contribution in [-0.2, 0) is 0 Å². The zero-order valence-electron chi connectivity index (χ0n) is 13.6. The summed E-state index contributed by atoms with van der Waals surface area (Å²) in [5.74, 6) is 0.648. The number of halogens is 1. The molecule has 7 heteroatoms. The Labute approximate surface area is 152 Å². The molecule has 2 unspecified atom stereocenters. The minimum atomic E-state index is -0.928. The first kappa shape index (κ1) is 17.7. The zero-order chi connectivity index (χ0) is 18.0. The molecular formula is C18H19BrN2O4. The molecule has 3 aromatic rings. The number of aliphatic hydroxyl groups excluding tert-OH is 2. The van der Waals surface area contributed by atoms with E-state index >= 15 is 0 Å². The van der Waals surface area contributed by atoms with E-state index < -0.39 is 12.1 Å². The minimum absolute atomic E-state index is 0.208. The van der Waals surface area contributed by atoms with Gasteiger partial charge in [-0.15, -0.1) is 0 Å². The van der Waals surface area contributed by atoms with Crippen molar-refractivity contribution in [2.45, 2.75) is 18.6 Å². The van der Waals surface area contributed by atoms with Gasteiger partial charge in [0.15, 0.2) is 0 Å². The highest BCUT2D eigenvalue weighted by Crippen LogP contribution is 2.33. The lowest BCUT2D eigenvalue weighted by atomic mass is 9.99. The Kier molecular flexibility index (Phi) is 5.27. The first-order chi connectivity index (χ1) is 12.0. The number of para-hydroxylation sites is 1. The third-order valence-electron chi connectivity index (χ3n) is 4.20. The van der Waals surface area contributed by atoms with Gasteiger partial charge in [-0.3, -0.25) is 14.6 Å². The van der Waals surface area contributed by atoms with Gasteiger partial charge in [0.1, 0.15) is 5.75 Å². The topological polar surface area (TPSA) is 87.5 Å². The molecular weight excluding hydrogens is 388 g/mol. The van der Waals surface area contributed by atoms with Crippen molar-refractivity contribution in [3.8, 4) is 5.75 Å². The number of rotatable bonds is 6. The second kappa shape index (κ2) is 7.43. The Bertz CT molecular complexity index is 934. The summed E-state index contributed by atoms with van der Waals surface area (Å²) in [6.45, 7) is -0.362. The van der Waals surface area contributed by atoms with Gasteiger partial charge in [-0.05, 0) is 24.3 Å². The number of aliphatic hydroxyl groups is 2. The molecule has 0 bridgehead atoms. The second-order valence-corrected chi connectivity index (χ2v) is 6.72. The molecule has 0 spiro atoms. The van der Waals surface area contributed by atoms with Gasteiger partial charge >= 0.3 is 0 Å². The van der Waals surface area contributed by atoms with Gasteiger partial charge in [0.25, 0.3) is 5.56 Å². The number of benzene rings is 2. The molecule has 2 aromatic carbocycles. The lowest BCUT2D eigenvalue weighted by Gasteiger charge is -2.24. The van der Waals surface area contributed by atoms with Crippen LogP contribution in [0, 0.1) is 0 Å². The molecule has 0 fully saturated rings. The highest BCUT2D eigenvalue weighted by atomic mass is 79.9. The normalized spacial score (nSPS) is 13.8. The molecule has 1 heterocycles. The molecule has 3 rings (SSSR count). The van der Waals surface area contributed by atoms with E-state index in [9.17, 15) is 15.0 Å². The zero-order valence-corrected chi connectivity index (χ0v) is 15.2. The van der Waals surface area contributed by atoms with Crippen molar-refractivity contribution in [2.75, 3.05) is 13.7 Å². The Balaban J connectivity index is 2.22. The van der Waals surface area contributed by atoms with Crippen LogP contribution in [0.15, 0.2) is 51.7 Å². The fourth-order valence-corrected chi connectivity index (χ4v) is 3.37. The van der Waals surface area contributed by atoms with Crippen LogP contribution in [-0.4, -0.2) is 39.8 Å². The van der Waals surface area contributed by atoms with E-state index in [1.807, 2.05) is 36.4 Å². The smallest absolute Gasteiger partial charge is 0.271 e. The van der Waals surface area contributed by atoms with E-state index in [0.717, 1.165) is 10.0 Å². The molecule has 2 atom stereocenters. The number of H-pyrrole nitrogens is 1. The lowest BCUT2D eigenvalue weighted by Crippen LogP contribution is -2.23. The lowest BCUT2D eigenvalue weighted by molar-refractivity contribution is 0.0784. The maximum Gasteiger partial charge on any atom is 0.271 e. The predicted octanol–water partition coefficient (Wildman–Crippen LogP) is 2.43. The molecule has 0 aliphatic carbocycles. The molecule has 0 radical (unpaired) electrons. The van der Waals surface area contributed by atoms with Crippen LogP contribution in [0.25, 0.3) is 10.9 Å². The standard InChI is InChI=1S/C18H19BrN2O4/c1-25-17-5-3-2-4-13(17)16(9-12(23)10-22)21-15-8-11(19)6-7-14(15)18(24)20-21/h2-8,12,16,22-23H,9-10H2,1H3,(H,20,24). The number of aromatic amines is 1. The number of hydrogen-bond donors (Lipinski definition) is 3. The molecule has 1 aromatic heterocycles. The summed E-state index contributed by atoms with van der Waals surface area (Å²) < 4.78 is 8.01. The van der Waals surface area contributed by atoms with Gasteiger partial charge in [-0.2, -0.15) is 0 Å². The van der Waals surface area contributed by atoms with E-state index in [1.165, 1.54) is 0 Å². The van der Waals surface area contributed by atoms with E-state index in [4.69, 9.17) is 4.74 Å². The van der Waals surface area contributed by atoms with E-state index in [1.54, 1.807) is 17.9 Å². The number of fused-ring (bicyclic) bond motifs is 1. The first-order valence-corrected chi connectivity index (χ1v) is 8.66. The van der Waals surface area contributed by atoms with Crippen LogP contribution in [0.3, 0.4) is 0 Å². The first-order valence-electron chi connectivity index (χ1n) is 7.86. The molecule has 132 valence electrons. The third-order valence-corrected chi connectivity index (χ3v) is 4.69. The summed E-state index contributed by atoms with van der Waals surface area (Å²) >= 11 is 3.43. The van der Waals surface area contributed by atoms with Gasteiger partial charge in [-0.1, -0.05) is 34.1 Å². The molecule has 0 aliphatic rings. The van der Waals surface area contributed by atoms with Crippen molar-refractivity contribution >= 4 is 26.8 Å². The van der Waals surface area contributed by atoms with Crippen molar-refractivity contribution in [3.05, 3.63) is 62.9 Å². The number of ether oxygens (including phenoxy) is 1. The summed E-state index contributed by atoms with van der Waals surface area (Å²) in [5, 5.41) is 22.7. The Morgan fingerprint density at radius 1 is 1.28 bits per heavy atom. The SMILES string of the molecule is COc1ccccc1C(CC(O)CO)n1[nH]c(=O)c2ccc(Br)cc21. The predicted molar refractivity (Wildman–Crippen MR) is 99.1 cm³/mol. The number of nitrogens with zero attached hydrogens (tertiary/aromatic N) is 1. The molecule has 6 nitrogen and oxygen atoms in total. The van der Waals surface area contributed by atoms with Crippen LogP contribution in [0.1, 0.15) is 18.0 Å². The Morgan fingerprint density at radius 3 is 2.76 bits per heavy atom. The average molecular weight is 407 g/mol. The molecule has 3 N–H and O–H groups in total. The monoisotopic (exact) mass is 406 g/mol. The van der Waals surface area contributed by atoms with Crippen molar-refractivity contribution in [2.24, 2.45) is 0 Å². The van der Waals surface area contributed by atoms with E-state index in [2.05, 4.69) is 21.0 Å². The summed E-state index contributed by atoms with van der Waals surface area (Å²) in [6, 6.07) is 12.4. The highest BCUT2D eigenvalue weighted by molar-refractivity contribution is 9.10. The van der Waals surface area contributed by atoms with Crippen molar-refractivity contribution < 1.29 is 14.9 Å². The van der Waals surface area contributed by atoms with E-state index in [0.29, 0.717) is 16.7 Å². The molecule has 25 heavy (non-hydrogen) atoms. The summed E-state index contributed by atoms with van der Waals surface area (Å²) in [7, 11) is 1.57. The van der Waals surface area contributed by atoms with Crippen LogP contribution in [0.4, 0.5) is 0 Å².